The first-order valence-electron chi connectivity index (χ1n) is 6.96. The van der Waals surface area contributed by atoms with Crippen LogP contribution in [-0.2, 0) is 9.53 Å². The van der Waals surface area contributed by atoms with Gasteiger partial charge in [0.1, 0.15) is 5.60 Å². The summed E-state index contributed by atoms with van der Waals surface area (Å²) in [6.07, 6.45) is 0.334. The molecule has 0 N–H and O–H groups in total. The van der Waals surface area contributed by atoms with Crippen LogP contribution in [0.5, 0.6) is 0 Å². The number of carbonyl (C=O) groups excluding carboxylic acids is 2. The summed E-state index contributed by atoms with van der Waals surface area (Å²) in [5, 5.41) is 0. The molecule has 0 radical (unpaired) electrons. The lowest BCUT2D eigenvalue weighted by molar-refractivity contribution is -0.126. The van der Waals surface area contributed by atoms with Gasteiger partial charge in [-0.1, -0.05) is 27.7 Å². The summed E-state index contributed by atoms with van der Waals surface area (Å²) in [6, 6.07) is -0.343. The molecule has 1 aliphatic heterocycles. The Kier molecular flexibility index (Phi) is 4.33. The third-order valence-electron chi connectivity index (χ3n) is 3.25. The molecule has 1 heterocycles. The molecule has 0 aliphatic carbocycles. The summed E-state index contributed by atoms with van der Waals surface area (Å²) in [7, 11) is 0. The van der Waals surface area contributed by atoms with Gasteiger partial charge in [0.2, 0.25) is 0 Å². The predicted molar refractivity (Wildman–Crippen MR) is 75.0 cm³/mol. The van der Waals surface area contributed by atoms with Gasteiger partial charge >= 0.3 is 6.09 Å². The maximum Gasteiger partial charge on any atom is 0.410 e. The fourth-order valence-corrected chi connectivity index (χ4v) is 2.42. The minimum Gasteiger partial charge on any atom is -0.444 e. The number of rotatable bonds is 2. The van der Waals surface area contributed by atoms with E-state index < -0.39 is 5.60 Å². The molecule has 1 rings (SSSR count). The van der Waals surface area contributed by atoms with Crippen molar-refractivity contribution in [2.45, 2.75) is 66.5 Å². The Morgan fingerprint density at radius 2 is 1.79 bits per heavy atom. The fourth-order valence-electron chi connectivity index (χ4n) is 2.42. The highest BCUT2D eigenvalue weighted by molar-refractivity contribution is 5.89. The SMILES string of the molecule is CC(C)C(=O)[C@@H]1CC(C)(C)CN1C(=O)OC(C)(C)C. The Labute approximate surface area is 116 Å². The molecule has 110 valence electrons. The fraction of sp³-hybridized carbons (Fsp3) is 0.867. The first-order valence-corrected chi connectivity index (χ1v) is 6.96. The average molecular weight is 269 g/mol. The number of likely N-dealkylation sites (tertiary alicyclic amines) is 1. The zero-order valence-electron chi connectivity index (χ0n) is 13.2. The van der Waals surface area contributed by atoms with Crippen molar-refractivity contribution in [1.29, 1.82) is 0 Å². The van der Waals surface area contributed by atoms with E-state index in [1.807, 2.05) is 34.6 Å². The van der Waals surface area contributed by atoms with Crippen LogP contribution in [0, 0.1) is 11.3 Å². The second kappa shape index (κ2) is 5.14. The Hall–Kier alpha value is -1.06. The molecule has 1 atom stereocenters. The van der Waals surface area contributed by atoms with Crippen LogP contribution >= 0.6 is 0 Å². The maximum atomic E-state index is 12.3. The third kappa shape index (κ3) is 4.22. The molecule has 4 heteroatoms. The first kappa shape index (κ1) is 16.0. The monoisotopic (exact) mass is 269 g/mol. The van der Waals surface area contributed by atoms with Crippen LogP contribution in [0.1, 0.15) is 54.9 Å². The van der Waals surface area contributed by atoms with E-state index in [1.165, 1.54) is 0 Å². The summed E-state index contributed by atoms with van der Waals surface area (Å²) in [5.74, 6) is 0.0558. The van der Waals surface area contributed by atoms with E-state index in [4.69, 9.17) is 4.74 Å². The molecule has 4 nitrogen and oxygen atoms in total. The lowest BCUT2D eigenvalue weighted by Crippen LogP contribution is -2.44. The third-order valence-corrected chi connectivity index (χ3v) is 3.25. The van der Waals surface area contributed by atoms with Gasteiger partial charge in [-0.05, 0) is 32.6 Å². The van der Waals surface area contributed by atoms with Crippen LogP contribution in [-0.4, -0.2) is 35.0 Å². The van der Waals surface area contributed by atoms with Crippen LogP contribution in [0.3, 0.4) is 0 Å². The molecule has 0 saturated carbocycles. The lowest BCUT2D eigenvalue weighted by atomic mass is 9.88. The average Bonchev–Trinajstić information content (AvgIpc) is 2.50. The lowest BCUT2D eigenvalue weighted by Gasteiger charge is -2.28. The molecule has 0 spiro atoms. The molecule has 1 saturated heterocycles. The smallest absolute Gasteiger partial charge is 0.410 e. The van der Waals surface area contributed by atoms with Gasteiger partial charge < -0.3 is 4.74 Å². The van der Waals surface area contributed by atoms with E-state index in [1.54, 1.807) is 4.90 Å². The highest BCUT2D eigenvalue weighted by atomic mass is 16.6. The van der Waals surface area contributed by atoms with Gasteiger partial charge in [-0.2, -0.15) is 0 Å². The van der Waals surface area contributed by atoms with Crippen molar-refractivity contribution in [3.05, 3.63) is 0 Å². The van der Waals surface area contributed by atoms with Gasteiger partial charge in [0.25, 0.3) is 0 Å². The molecule has 1 fully saturated rings. The van der Waals surface area contributed by atoms with E-state index in [0.717, 1.165) is 0 Å². The van der Waals surface area contributed by atoms with Crippen molar-refractivity contribution in [3.8, 4) is 0 Å². The minimum atomic E-state index is -0.532. The van der Waals surface area contributed by atoms with Gasteiger partial charge in [0.15, 0.2) is 5.78 Å². The standard InChI is InChI=1S/C15H27NO3/c1-10(2)12(17)11-8-15(6,7)9-16(11)13(18)19-14(3,4)5/h10-11H,8-9H2,1-7H3/t11-/m0/s1. The number of amides is 1. The molecular weight excluding hydrogens is 242 g/mol. The maximum absolute atomic E-state index is 12.3. The Balaban J connectivity index is 2.90. The molecule has 0 bridgehead atoms. The number of Topliss-reactive ketones (excluding diaryl/α,β-unsaturated/α-hetero) is 1. The second-order valence-corrected chi connectivity index (χ2v) is 7.55. The topological polar surface area (TPSA) is 46.6 Å². The van der Waals surface area contributed by atoms with Crippen molar-refractivity contribution < 1.29 is 14.3 Å². The van der Waals surface area contributed by atoms with Crippen LogP contribution in [0.2, 0.25) is 0 Å². The highest BCUT2D eigenvalue weighted by Gasteiger charge is 2.45. The highest BCUT2D eigenvalue weighted by Crippen LogP contribution is 2.36. The minimum absolute atomic E-state index is 0.0356. The molecule has 0 aromatic rings. The summed E-state index contributed by atoms with van der Waals surface area (Å²) in [5.41, 5.74) is -0.568. The second-order valence-electron chi connectivity index (χ2n) is 7.55. The molecule has 19 heavy (non-hydrogen) atoms. The van der Waals surface area contributed by atoms with E-state index in [0.29, 0.717) is 13.0 Å². The summed E-state index contributed by atoms with van der Waals surface area (Å²) < 4.78 is 5.41. The van der Waals surface area contributed by atoms with E-state index in [-0.39, 0.29) is 29.3 Å². The van der Waals surface area contributed by atoms with Crippen molar-refractivity contribution in [3.63, 3.8) is 0 Å². The van der Waals surface area contributed by atoms with Crippen LogP contribution in [0.25, 0.3) is 0 Å². The van der Waals surface area contributed by atoms with Gasteiger partial charge in [-0.15, -0.1) is 0 Å². The van der Waals surface area contributed by atoms with Crippen LogP contribution in [0.15, 0.2) is 0 Å². The molecule has 0 unspecified atom stereocenters. The summed E-state index contributed by atoms with van der Waals surface area (Å²) in [4.78, 5) is 26.1. The molecule has 0 aromatic heterocycles. The number of hydrogen-bond acceptors (Lipinski definition) is 3. The summed E-state index contributed by atoms with van der Waals surface area (Å²) in [6.45, 7) is 14.0. The zero-order valence-corrected chi connectivity index (χ0v) is 13.2. The van der Waals surface area contributed by atoms with Crippen LogP contribution < -0.4 is 0 Å². The van der Waals surface area contributed by atoms with Gasteiger partial charge in [-0.25, -0.2) is 4.79 Å². The zero-order chi connectivity index (χ0) is 15.0. The van der Waals surface area contributed by atoms with Crippen molar-refractivity contribution >= 4 is 11.9 Å². The van der Waals surface area contributed by atoms with E-state index in [9.17, 15) is 9.59 Å². The van der Waals surface area contributed by atoms with Crippen molar-refractivity contribution in [1.82, 2.24) is 4.90 Å². The number of hydrogen-bond donors (Lipinski definition) is 0. The number of carbonyl (C=O) groups is 2. The Bertz CT molecular complexity index is 366. The molecule has 1 aliphatic rings. The normalized spacial score (nSPS) is 22.7. The first-order chi connectivity index (χ1) is 8.43. The Morgan fingerprint density at radius 1 is 1.26 bits per heavy atom. The van der Waals surface area contributed by atoms with Crippen LogP contribution in [0.4, 0.5) is 4.79 Å². The summed E-state index contributed by atoms with van der Waals surface area (Å²) >= 11 is 0. The molecule has 0 aromatic carbocycles. The Morgan fingerprint density at radius 3 is 2.21 bits per heavy atom. The largest absolute Gasteiger partial charge is 0.444 e. The number of ketones is 1. The van der Waals surface area contributed by atoms with E-state index >= 15 is 0 Å². The van der Waals surface area contributed by atoms with Crippen molar-refractivity contribution in [2.24, 2.45) is 11.3 Å². The predicted octanol–water partition coefficient (Wildman–Crippen LogP) is 3.25. The molecular formula is C15H27NO3. The van der Waals surface area contributed by atoms with Crippen molar-refractivity contribution in [2.75, 3.05) is 6.54 Å². The van der Waals surface area contributed by atoms with E-state index in [2.05, 4.69) is 13.8 Å². The molecule has 1 amide bonds. The number of ether oxygens (including phenoxy) is 1. The number of nitrogens with zero attached hydrogens (tertiary/aromatic N) is 1. The van der Waals surface area contributed by atoms with Gasteiger partial charge in [-0.3, -0.25) is 9.69 Å². The van der Waals surface area contributed by atoms with Gasteiger partial charge in [0, 0.05) is 12.5 Å². The van der Waals surface area contributed by atoms with Gasteiger partial charge in [0.05, 0.1) is 6.04 Å². The quantitative estimate of drug-likeness (QED) is 0.773.